The molecule has 35 heavy (non-hydrogen) atoms. The summed E-state index contributed by atoms with van der Waals surface area (Å²) in [6.07, 6.45) is 1.37. The fourth-order valence-electron chi connectivity index (χ4n) is 2.79. The smallest absolute Gasteiger partial charge is 0.329 e. The molecule has 0 atom stereocenters. The Hall–Kier alpha value is -4.37. The molecule has 0 radical (unpaired) electrons. The molecule has 0 bridgehead atoms. The van der Waals surface area contributed by atoms with E-state index in [-0.39, 0.29) is 12.5 Å². The number of nitrogens with one attached hydrogen (secondary N) is 3. The van der Waals surface area contributed by atoms with Crippen molar-refractivity contribution in [2.45, 2.75) is 6.92 Å². The van der Waals surface area contributed by atoms with Crippen molar-refractivity contribution >= 4 is 46.9 Å². The molecule has 10 heteroatoms. The molecule has 0 fully saturated rings. The minimum atomic E-state index is -0.933. The number of carbonyl (C=O) groups excluding carboxylic acids is 3. The number of para-hydroxylation sites is 3. The van der Waals surface area contributed by atoms with Crippen molar-refractivity contribution in [1.82, 2.24) is 5.43 Å². The number of nitrogens with zero attached hydrogens (tertiary/aromatic N) is 1. The zero-order valence-electron chi connectivity index (χ0n) is 18.8. The van der Waals surface area contributed by atoms with Crippen molar-refractivity contribution in [1.29, 1.82) is 0 Å². The molecule has 0 heterocycles. The molecule has 0 saturated carbocycles. The van der Waals surface area contributed by atoms with Crippen LogP contribution in [0, 0.1) is 0 Å². The topological polar surface area (TPSA) is 118 Å². The van der Waals surface area contributed by atoms with Crippen LogP contribution in [0.5, 0.6) is 11.5 Å². The van der Waals surface area contributed by atoms with E-state index in [1.807, 2.05) is 6.92 Å². The van der Waals surface area contributed by atoms with Crippen LogP contribution in [-0.4, -0.2) is 37.1 Å². The summed E-state index contributed by atoms with van der Waals surface area (Å²) < 4.78 is 10.9. The fourth-order valence-corrected chi connectivity index (χ4v) is 2.98. The number of amides is 3. The summed E-state index contributed by atoms with van der Waals surface area (Å²) in [6, 6.07) is 20.3. The van der Waals surface area contributed by atoms with Gasteiger partial charge in [-0.15, -0.1) is 0 Å². The molecule has 180 valence electrons. The lowest BCUT2D eigenvalue weighted by atomic mass is 10.2. The zero-order chi connectivity index (χ0) is 25.0. The third kappa shape index (κ3) is 7.86. The first-order chi connectivity index (χ1) is 17.0. The molecule has 0 aromatic heterocycles. The van der Waals surface area contributed by atoms with E-state index in [1.54, 1.807) is 72.8 Å². The summed E-state index contributed by atoms with van der Waals surface area (Å²) in [5, 5.41) is 9.38. The molecule has 3 amide bonds. The van der Waals surface area contributed by atoms with E-state index >= 15 is 0 Å². The van der Waals surface area contributed by atoms with E-state index in [1.165, 1.54) is 6.21 Å². The van der Waals surface area contributed by atoms with Crippen LogP contribution in [0.25, 0.3) is 0 Å². The molecule has 0 unspecified atom stereocenters. The van der Waals surface area contributed by atoms with Crippen molar-refractivity contribution in [2.75, 3.05) is 23.8 Å². The number of ether oxygens (including phenoxy) is 2. The van der Waals surface area contributed by atoms with E-state index in [4.69, 9.17) is 21.1 Å². The Morgan fingerprint density at radius 3 is 2.26 bits per heavy atom. The SMILES string of the molecule is CCOc1ccccc1NC(=O)C(=O)N/N=C\c1ccc(OCC(=O)Nc2ccccc2Cl)cc1. The molecule has 0 saturated heterocycles. The highest BCUT2D eigenvalue weighted by Gasteiger charge is 2.15. The van der Waals surface area contributed by atoms with Gasteiger partial charge in [0.2, 0.25) is 0 Å². The Bertz CT molecular complexity index is 1210. The second-order valence-electron chi connectivity index (χ2n) is 6.97. The van der Waals surface area contributed by atoms with Crippen LogP contribution in [-0.2, 0) is 14.4 Å². The van der Waals surface area contributed by atoms with Gasteiger partial charge in [0, 0.05) is 0 Å². The summed E-state index contributed by atoms with van der Waals surface area (Å²) in [7, 11) is 0. The van der Waals surface area contributed by atoms with Crippen molar-refractivity contribution in [3.8, 4) is 11.5 Å². The zero-order valence-corrected chi connectivity index (χ0v) is 19.5. The van der Waals surface area contributed by atoms with Gasteiger partial charge >= 0.3 is 11.8 Å². The highest BCUT2D eigenvalue weighted by molar-refractivity contribution is 6.39. The maximum atomic E-state index is 12.1. The van der Waals surface area contributed by atoms with Crippen LogP contribution in [0.1, 0.15) is 12.5 Å². The van der Waals surface area contributed by atoms with Crippen LogP contribution in [0.4, 0.5) is 11.4 Å². The molecule has 0 spiro atoms. The summed E-state index contributed by atoms with van der Waals surface area (Å²) >= 11 is 6.01. The summed E-state index contributed by atoms with van der Waals surface area (Å²) in [4.78, 5) is 36.2. The molecule has 0 aliphatic rings. The monoisotopic (exact) mass is 494 g/mol. The second kappa shape index (κ2) is 12.8. The quantitative estimate of drug-likeness (QED) is 0.237. The largest absolute Gasteiger partial charge is 0.492 e. The van der Waals surface area contributed by atoms with E-state index in [2.05, 4.69) is 21.2 Å². The molecule has 3 rings (SSSR count). The Kier molecular flexibility index (Phi) is 9.21. The number of rotatable bonds is 9. The van der Waals surface area contributed by atoms with Gasteiger partial charge in [-0.05, 0) is 61.0 Å². The first-order valence-corrected chi connectivity index (χ1v) is 11.0. The van der Waals surface area contributed by atoms with Crippen molar-refractivity contribution < 1.29 is 23.9 Å². The van der Waals surface area contributed by atoms with Gasteiger partial charge in [0.15, 0.2) is 6.61 Å². The van der Waals surface area contributed by atoms with Gasteiger partial charge in [0.25, 0.3) is 5.91 Å². The molecule has 3 aromatic rings. The predicted octanol–water partition coefficient (Wildman–Crippen LogP) is 3.85. The first-order valence-electron chi connectivity index (χ1n) is 10.6. The van der Waals surface area contributed by atoms with Gasteiger partial charge in [-0.25, -0.2) is 5.43 Å². The van der Waals surface area contributed by atoms with Crippen molar-refractivity contribution in [2.24, 2.45) is 5.10 Å². The van der Waals surface area contributed by atoms with E-state index < -0.39 is 11.8 Å². The minimum Gasteiger partial charge on any atom is -0.492 e. The van der Waals surface area contributed by atoms with Gasteiger partial charge in [-0.3, -0.25) is 14.4 Å². The van der Waals surface area contributed by atoms with E-state index in [9.17, 15) is 14.4 Å². The molecular weight excluding hydrogens is 472 g/mol. The number of halogens is 1. The number of hydrogen-bond acceptors (Lipinski definition) is 6. The fraction of sp³-hybridized carbons (Fsp3) is 0.120. The number of benzene rings is 3. The average Bonchev–Trinajstić information content (AvgIpc) is 2.86. The predicted molar refractivity (Wildman–Crippen MR) is 134 cm³/mol. The molecule has 9 nitrogen and oxygen atoms in total. The van der Waals surface area contributed by atoms with Crippen LogP contribution < -0.4 is 25.5 Å². The number of anilines is 2. The van der Waals surface area contributed by atoms with Crippen LogP contribution in [0.3, 0.4) is 0 Å². The minimum absolute atomic E-state index is 0.198. The maximum Gasteiger partial charge on any atom is 0.329 e. The lowest BCUT2D eigenvalue weighted by Gasteiger charge is -2.10. The van der Waals surface area contributed by atoms with Crippen LogP contribution in [0.2, 0.25) is 5.02 Å². The number of hydrazone groups is 1. The van der Waals surface area contributed by atoms with Crippen molar-refractivity contribution in [3.63, 3.8) is 0 Å². The normalized spacial score (nSPS) is 10.5. The second-order valence-corrected chi connectivity index (χ2v) is 7.38. The third-order valence-corrected chi connectivity index (χ3v) is 4.75. The third-order valence-electron chi connectivity index (χ3n) is 4.42. The van der Waals surface area contributed by atoms with Crippen LogP contribution in [0.15, 0.2) is 77.9 Å². The van der Waals surface area contributed by atoms with Gasteiger partial charge < -0.3 is 20.1 Å². The maximum absolute atomic E-state index is 12.1. The number of carbonyl (C=O) groups is 3. The lowest BCUT2D eigenvalue weighted by Crippen LogP contribution is -2.32. The molecule has 0 aliphatic heterocycles. The Labute approximate surface area is 207 Å². The standard InChI is InChI=1S/C25H23ClN4O5/c1-2-34-22-10-6-5-9-21(22)29-24(32)25(33)30-27-15-17-11-13-18(14-12-17)35-16-23(31)28-20-8-4-3-7-19(20)26/h3-15H,2,16H2,1H3,(H,28,31)(H,29,32)(H,30,33)/b27-15-. The van der Waals surface area contributed by atoms with E-state index in [0.717, 1.165) is 0 Å². The molecular formula is C25H23ClN4O5. The molecule has 3 N–H and O–H groups in total. The lowest BCUT2D eigenvalue weighted by molar-refractivity contribution is -0.136. The van der Waals surface area contributed by atoms with E-state index in [0.29, 0.717) is 40.1 Å². The average molecular weight is 495 g/mol. The van der Waals surface area contributed by atoms with Gasteiger partial charge in [-0.2, -0.15) is 5.10 Å². The summed E-state index contributed by atoms with van der Waals surface area (Å²) in [5.41, 5.74) is 3.69. The molecule has 3 aromatic carbocycles. The molecule has 0 aliphatic carbocycles. The Morgan fingerprint density at radius 2 is 1.54 bits per heavy atom. The highest BCUT2D eigenvalue weighted by Crippen LogP contribution is 2.23. The van der Waals surface area contributed by atoms with Gasteiger partial charge in [0.05, 0.1) is 29.2 Å². The summed E-state index contributed by atoms with van der Waals surface area (Å²) in [6.45, 7) is 2.04. The number of hydrogen-bond donors (Lipinski definition) is 3. The Morgan fingerprint density at radius 1 is 0.857 bits per heavy atom. The Balaban J connectivity index is 1.45. The van der Waals surface area contributed by atoms with Crippen molar-refractivity contribution in [3.05, 3.63) is 83.4 Å². The first kappa shape index (κ1) is 25.3. The summed E-state index contributed by atoms with van der Waals surface area (Å²) in [5.74, 6) is -1.24. The van der Waals surface area contributed by atoms with Gasteiger partial charge in [0.1, 0.15) is 11.5 Å². The van der Waals surface area contributed by atoms with Crippen LogP contribution >= 0.6 is 11.6 Å². The highest BCUT2D eigenvalue weighted by atomic mass is 35.5. The van der Waals surface area contributed by atoms with Gasteiger partial charge in [-0.1, -0.05) is 35.9 Å².